The predicted octanol–water partition coefficient (Wildman–Crippen LogP) is 2.52. The van der Waals surface area contributed by atoms with E-state index in [-0.39, 0.29) is 30.1 Å². The number of carbonyl (C=O) groups is 2. The molecule has 0 spiro atoms. The van der Waals surface area contributed by atoms with Crippen LogP contribution in [0.5, 0.6) is 5.88 Å². The molecule has 31 heavy (non-hydrogen) atoms. The fraction of sp³-hybridized carbons (Fsp3) is 0.381. The molecule has 1 N–H and O–H groups in total. The number of anilines is 1. The van der Waals surface area contributed by atoms with Crippen LogP contribution >= 0.6 is 0 Å². The van der Waals surface area contributed by atoms with Crippen molar-refractivity contribution >= 4 is 17.6 Å². The number of benzene rings is 1. The van der Waals surface area contributed by atoms with E-state index in [9.17, 15) is 18.4 Å². The molecular weight excluding hydrogens is 410 g/mol. The summed E-state index contributed by atoms with van der Waals surface area (Å²) >= 11 is 0. The van der Waals surface area contributed by atoms with Crippen molar-refractivity contribution in [2.75, 3.05) is 44.7 Å². The highest BCUT2D eigenvalue weighted by atomic mass is 19.1. The third kappa shape index (κ3) is 4.91. The highest BCUT2D eigenvalue weighted by Crippen LogP contribution is 2.23. The van der Waals surface area contributed by atoms with Crippen LogP contribution in [0.2, 0.25) is 0 Å². The van der Waals surface area contributed by atoms with E-state index < -0.39 is 17.7 Å². The number of morpholine rings is 1. The van der Waals surface area contributed by atoms with Crippen LogP contribution in [0.4, 0.5) is 19.3 Å². The number of amides is 3. The quantitative estimate of drug-likeness (QED) is 0.803. The van der Waals surface area contributed by atoms with Gasteiger partial charge in [-0.05, 0) is 24.3 Å². The highest BCUT2D eigenvalue weighted by Gasteiger charge is 2.30. The van der Waals surface area contributed by atoms with Crippen LogP contribution in [-0.2, 0) is 4.74 Å². The molecule has 2 aromatic rings. The van der Waals surface area contributed by atoms with Gasteiger partial charge in [-0.25, -0.2) is 18.6 Å². The number of nitrogens with one attached hydrogen (secondary N) is 1. The minimum atomic E-state index is -0.721. The van der Waals surface area contributed by atoms with Crippen LogP contribution in [-0.4, -0.2) is 72.2 Å². The lowest BCUT2D eigenvalue weighted by Gasteiger charge is -2.27. The number of urea groups is 1. The number of halogens is 2. The van der Waals surface area contributed by atoms with E-state index in [4.69, 9.17) is 9.47 Å². The molecule has 1 atom stereocenters. The van der Waals surface area contributed by atoms with Crippen molar-refractivity contribution in [1.29, 1.82) is 0 Å². The minimum absolute atomic E-state index is 0.180. The number of carbonyl (C=O) groups excluding carboxylic acids is 2. The van der Waals surface area contributed by atoms with Gasteiger partial charge in [0.1, 0.15) is 23.3 Å². The van der Waals surface area contributed by atoms with Crippen molar-refractivity contribution in [3.05, 3.63) is 53.7 Å². The zero-order chi connectivity index (χ0) is 21.8. The average molecular weight is 432 g/mol. The van der Waals surface area contributed by atoms with Crippen LogP contribution < -0.4 is 10.1 Å². The molecule has 0 bridgehead atoms. The number of hydrogen-bond donors (Lipinski definition) is 1. The first-order valence-electron chi connectivity index (χ1n) is 10.0. The van der Waals surface area contributed by atoms with E-state index in [2.05, 4.69) is 10.3 Å². The molecule has 0 aliphatic carbocycles. The van der Waals surface area contributed by atoms with Gasteiger partial charge in [0.05, 0.1) is 25.4 Å². The smallest absolute Gasteiger partial charge is 0.322 e. The minimum Gasteiger partial charge on any atom is -0.472 e. The van der Waals surface area contributed by atoms with Gasteiger partial charge >= 0.3 is 6.03 Å². The van der Waals surface area contributed by atoms with Crippen LogP contribution in [0.15, 0.2) is 36.5 Å². The SMILES string of the molecule is O=C(Nc1cc(F)ccc1F)N1CC[C@H](Oc2ncccc2C(=O)N2CCOCC2)C1. The summed E-state index contributed by atoms with van der Waals surface area (Å²) < 4.78 is 38.3. The number of ether oxygens (including phenoxy) is 2. The topological polar surface area (TPSA) is 84.0 Å². The van der Waals surface area contributed by atoms with Gasteiger partial charge in [-0.15, -0.1) is 0 Å². The Morgan fingerprint density at radius 2 is 1.94 bits per heavy atom. The number of nitrogens with zero attached hydrogens (tertiary/aromatic N) is 3. The third-order valence-corrected chi connectivity index (χ3v) is 5.18. The van der Waals surface area contributed by atoms with Crippen LogP contribution in [0.3, 0.4) is 0 Å². The summed E-state index contributed by atoms with van der Waals surface area (Å²) in [5.41, 5.74) is 0.131. The molecule has 164 valence electrons. The molecule has 0 saturated carbocycles. The maximum atomic E-state index is 13.8. The van der Waals surface area contributed by atoms with E-state index in [1.54, 1.807) is 17.0 Å². The lowest BCUT2D eigenvalue weighted by Crippen LogP contribution is -2.41. The number of hydrogen-bond acceptors (Lipinski definition) is 5. The molecule has 2 aliphatic rings. The van der Waals surface area contributed by atoms with Crippen molar-refractivity contribution in [2.45, 2.75) is 12.5 Å². The molecule has 0 unspecified atom stereocenters. The summed E-state index contributed by atoms with van der Waals surface area (Å²) in [5.74, 6) is -1.34. The molecule has 2 fully saturated rings. The number of pyridine rings is 1. The second-order valence-corrected chi connectivity index (χ2v) is 7.29. The molecule has 2 saturated heterocycles. The summed E-state index contributed by atoms with van der Waals surface area (Å²) in [4.78, 5) is 32.6. The maximum absolute atomic E-state index is 13.8. The summed E-state index contributed by atoms with van der Waals surface area (Å²) in [7, 11) is 0. The fourth-order valence-electron chi connectivity index (χ4n) is 3.54. The number of likely N-dealkylation sites (tertiary alicyclic amines) is 1. The second-order valence-electron chi connectivity index (χ2n) is 7.29. The molecule has 10 heteroatoms. The zero-order valence-electron chi connectivity index (χ0n) is 16.7. The molecular formula is C21H22F2N4O4. The summed E-state index contributed by atoms with van der Waals surface area (Å²) in [6.07, 6.45) is 1.67. The molecule has 4 rings (SSSR count). The fourth-order valence-corrected chi connectivity index (χ4v) is 3.54. The first kappa shape index (κ1) is 21.0. The summed E-state index contributed by atoms with van der Waals surface area (Å²) in [6, 6.07) is 5.63. The normalized spacial score (nSPS) is 18.7. The van der Waals surface area contributed by atoms with E-state index in [1.165, 1.54) is 11.1 Å². The Morgan fingerprint density at radius 3 is 2.74 bits per heavy atom. The maximum Gasteiger partial charge on any atom is 0.322 e. The Hall–Kier alpha value is -3.27. The van der Waals surface area contributed by atoms with Crippen LogP contribution in [0.1, 0.15) is 16.8 Å². The van der Waals surface area contributed by atoms with Gasteiger partial charge in [0.15, 0.2) is 0 Å². The molecule has 1 aromatic heterocycles. The average Bonchev–Trinajstić information content (AvgIpc) is 3.25. The van der Waals surface area contributed by atoms with Crippen molar-refractivity contribution < 1.29 is 27.8 Å². The third-order valence-electron chi connectivity index (χ3n) is 5.18. The Bertz CT molecular complexity index is 968. The predicted molar refractivity (Wildman–Crippen MR) is 107 cm³/mol. The van der Waals surface area contributed by atoms with Gasteiger partial charge in [-0.3, -0.25) is 4.79 Å². The van der Waals surface area contributed by atoms with E-state index >= 15 is 0 Å². The molecule has 1 aromatic carbocycles. The monoisotopic (exact) mass is 432 g/mol. The second kappa shape index (κ2) is 9.25. The van der Waals surface area contributed by atoms with Crippen LogP contribution in [0.25, 0.3) is 0 Å². The number of aromatic nitrogens is 1. The van der Waals surface area contributed by atoms with Gasteiger partial charge < -0.3 is 24.6 Å². The molecule has 0 radical (unpaired) electrons. The van der Waals surface area contributed by atoms with Crippen LogP contribution in [0, 0.1) is 11.6 Å². The molecule has 8 nitrogen and oxygen atoms in total. The van der Waals surface area contributed by atoms with Crippen molar-refractivity contribution in [1.82, 2.24) is 14.8 Å². The van der Waals surface area contributed by atoms with E-state index in [0.29, 0.717) is 44.8 Å². The van der Waals surface area contributed by atoms with E-state index in [1.807, 2.05) is 0 Å². The molecule has 2 aliphatic heterocycles. The Balaban J connectivity index is 1.39. The van der Waals surface area contributed by atoms with Gasteiger partial charge in [-0.2, -0.15) is 0 Å². The standard InChI is InChI=1S/C21H22F2N4O4/c22-14-3-4-17(23)18(12-14)25-21(29)27-7-5-15(13-27)31-19-16(2-1-6-24-19)20(28)26-8-10-30-11-9-26/h1-4,6,12,15H,5,7-11,13H2,(H,25,29)/t15-/m0/s1. The lowest BCUT2D eigenvalue weighted by molar-refractivity contribution is 0.0298. The Labute approximate surface area is 177 Å². The van der Waals surface area contributed by atoms with Gasteiger partial charge in [0.2, 0.25) is 5.88 Å². The zero-order valence-corrected chi connectivity index (χ0v) is 16.7. The molecule has 3 heterocycles. The Morgan fingerprint density at radius 1 is 1.13 bits per heavy atom. The first-order chi connectivity index (χ1) is 15.0. The van der Waals surface area contributed by atoms with Crippen molar-refractivity contribution in [3.63, 3.8) is 0 Å². The van der Waals surface area contributed by atoms with Gasteiger partial charge in [0.25, 0.3) is 5.91 Å². The molecule has 3 amide bonds. The summed E-state index contributed by atoms with van der Waals surface area (Å²) in [5, 5.41) is 2.38. The van der Waals surface area contributed by atoms with Crippen molar-refractivity contribution in [3.8, 4) is 5.88 Å². The lowest BCUT2D eigenvalue weighted by atomic mass is 10.2. The van der Waals surface area contributed by atoms with Crippen molar-refractivity contribution in [2.24, 2.45) is 0 Å². The number of rotatable bonds is 4. The first-order valence-corrected chi connectivity index (χ1v) is 10.0. The largest absolute Gasteiger partial charge is 0.472 e. The highest BCUT2D eigenvalue weighted by molar-refractivity contribution is 5.96. The van der Waals surface area contributed by atoms with E-state index in [0.717, 1.165) is 18.2 Å². The summed E-state index contributed by atoms with van der Waals surface area (Å²) in [6.45, 7) is 2.57. The van der Waals surface area contributed by atoms with Gasteiger partial charge in [-0.1, -0.05) is 0 Å². The van der Waals surface area contributed by atoms with Gasteiger partial charge in [0, 0.05) is 38.3 Å². The Kier molecular flexibility index (Phi) is 6.26.